The molecule has 0 aliphatic heterocycles. The van der Waals surface area contributed by atoms with Crippen molar-refractivity contribution in [2.24, 2.45) is 0 Å². The summed E-state index contributed by atoms with van der Waals surface area (Å²) in [5, 5.41) is 14.2. The van der Waals surface area contributed by atoms with Crippen LogP contribution in [-0.2, 0) is 0 Å². The highest BCUT2D eigenvalue weighted by molar-refractivity contribution is 7.10. The standard InChI is InChI=1S/C11H19NOS/c1-10(11-6-5-9-14-11)12-7-3-2-4-8-13/h5-6,9-10,12-13H,2-4,7-8H2,1H3/t10-/m1/s1. The highest BCUT2D eigenvalue weighted by Gasteiger charge is 2.03. The zero-order valence-electron chi connectivity index (χ0n) is 8.70. The van der Waals surface area contributed by atoms with Crippen LogP contribution in [0.3, 0.4) is 0 Å². The molecule has 14 heavy (non-hydrogen) atoms. The second-order valence-corrected chi connectivity index (χ2v) is 4.45. The van der Waals surface area contributed by atoms with Crippen LogP contribution in [0.25, 0.3) is 0 Å². The van der Waals surface area contributed by atoms with E-state index in [1.807, 2.05) is 0 Å². The van der Waals surface area contributed by atoms with Crippen molar-refractivity contribution >= 4 is 11.3 Å². The fourth-order valence-electron chi connectivity index (χ4n) is 1.37. The third-order valence-electron chi connectivity index (χ3n) is 2.26. The topological polar surface area (TPSA) is 32.3 Å². The van der Waals surface area contributed by atoms with Gasteiger partial charge in [0, 0.05) is 17.5 Å². The molecule has 2 N–H and O–H groups in total. The molecule has 80 valence electrons. The molecule has 1 aromatic rings. The van der Waals surface area contributed by atoms with Gasteiger partial charge in [-0.3, -0.25) is 0 Å². The second kappa shape index (κ2) is 6.98. The molecule has 1 atom stereocenters. The maximum atomic E-state index is 8.61. The van der Waals surface area contributed by atoms with Crippen LogP contribution in [0.2, 0.25) is 0 Å². The van der Waals surface area contributed by atoms with E-state index in [4.69, 9.17) is 5.11 Å². The van der Waals surface area contributed by atoms with E-state index in [-0.39, 0.29) is 0 Å². The number of hydrogen-bond donors (Lipinski definition) is 2. The number of thiophene rings is 1. The smallest absolute Gasteiger partial charge is 0.0431 e. The SMILES string of the molecule is C[C@@H](NCCCCCO)c1cccs1. The Balaban J connectivity index is 2.07. The molecule has 0 amide bonds. The first-order chi connectivity index (χ1) is 6.84. The van der Waals surface area contributed by atoms with Gasteiger partial charge in [0.05, 0.1) is 0 Å². The van der Waals surface area contributed by atoms with E-state index in [9.17, 15) is 0 Å². The van der Waals surface area contributed by atoms with Gasteiger partial charge in [-0.05, 0) is 44.2 Å². The summed E-state index contributed by atoms with van der Waals surface area (Å²) < 4.78 is 0. The molecular formula is C11H19NOS. The van der Waals surface area contributed by atoms with Crippen LogP contribution in [0.5, 0.6) is 0 Å². The molecule has 0 saturated carbocycles. The molecule has 1 rings (SSSR count). The van der Waals surface area contributed by atoms with Crippen molar-refractivity contribution in [2.45, 2.75) is 32.2 Å². The molecule has 0 saturated heterocycles. The van der Waals surface area contributed by atoms with Gasteiger partial charge >= 0.3 is 0 Å². The van der Waals surface area contributed by atoms with E-state index in [0.717, 1.165) is 25.8 Å². The molecule has 0 spiro atoms. The predicted octanol–water partition coefficient (Wildman–Crippen LogP) is 2.56. The molecule has 1 aromatic heterocycles. The maximum Gasteiger partial charge on any atom is 0.0431 e. The van der Waals surface area contributed by atoms with Gasteiger partial charge in [-0.1, -0.05) is 6.07 Å². The molecule has 0 radical (unpaired) electrons. The highest BCUT2D eigenvalue weighted by Crippen LogP contribution is 2.17. The third kappa shape index (κ3) is 4.22. The molecule has 3 heteroatoms. The van der Waals surface area contributed by atoms with Crippen LogP contribution in [-0.4, -0.2) is 18.3 Å². The Hall–Kier alpha value is -0.380. The lowest BCUT2D eigenvalue weighted by Gasteiger charge is -2.11. The third-order valence-corrected chi connectivity index (χ3v) is 3.31. The Bertz CT molecular complexity index is 223. The summed E-state index contributed by atoms with van der Waals surface area (Å²) in [4.78, 5) is 1.40. The number of hydrogen-bond acceptors (Lipinski definition) is 3. The van der Waals surface area contributed by atoms with Crippen molar-refractivity contribution < 1.29 is 5.11 Å². The molecular weight excluding hydrogens is 194 g/mol. The average molecular weight is 213 g/mol. The molecule has 0 aliphatic rings. The summed E-state index contributed by atoms with van der Waals surface area (Å²) in [5.74, 6) is 0. The minimum Gasteiger partial charge on any atom is -0.396 e. The summed E-state index contributed by atoms with van der Waals surface area (Å²) in [7, 11) is 0. The number of rotatable bonds is 7. The molecule has 1 heterocycles. The van der Waals surface area contributed by atoms with E-state index in [2.05, 4.69) is 29.8 Å². The zero-order chi connectivity index (χ0) is 10.2. The normalized spacial score (nSPS) is 13.0. The number of aliphatic hydroxyl groups is 1. The fraction of sp³-hybridized carbons (Fsp3) is 0.636. The minimum absolute atomic E-state index is 0.320. The average Bonchev–Trinajstić information content (AvgIpc) is 2.70. The molecule has 0 unspecified atom stereocenters. The maximum absolute atomic E-state index is 8.61. The van der Waals surface area contributed by atoms with Crippen LogP contribution < -0.4 is 5.32 Å². The van der Waals surface area contributed by atoms with Gasteiger partial charge in [0.1, 0.15) is 0 Å². The summed E-state index contributed by atoms with van der Waals surface area (Å²) in [6.07, 6.45) is 3.19. The van der Waals surface area contributed by atoms with E-state index in [1.165, 1.54) is 4.88 Å². The fourth-order valence-corrected chi connectivity index (χ4v) is 2.13. The Kier molecular flexibility index (Phi) is 5.83. The summed E-state index contributed by atoms with van der Waals surface area (Å²) in [6, 6.07) is 4.71. The van der Waals surface area contributed by atoms with Gasteiger partial charge in [0.25, 0.3) is 0 Å². The summed E-state index contributed by atoms with van der Waals surface area (Å²) >= 11 is 1.80. The van der Waals surface area contributed by atoms with Gasteiger partial charge in [-0.25, -0.2) is 0 Å². The van der Waals surface area contributed by atoms with Crippen molar-refractivity contribution in [2.75, 3.05) is 13.2 Å². The van der Waals surface area contributed by atoms with Gasteiger partial charge in [0.15, 0.2) is 0 Å². The van der Waals surface area contributed by atoms with Gasteiger partial charge in [-0.15, -0.1) is 11.3 Å². The van der Waals surface area contributed by atoms with Gasteiger partial charge in [-0.2, -0.15) is 0 Å². The Morgan fingerprint density at radius 2 is 2.29 bits per heavy atom. The van der Waals surface area contributed by atoms with Crippen molar-refractivity contribution in [3.05, 3.63) is 22.4 Å². The van der Waals surface area contributed by atoms with Crippen molar-refractivity contribution in [1.82, 2.24) is 5.32 Å². The lowest BCUT2D eigenvalue weighted by Crippen LogP contribution is -2.18. The predicted molar refractivity (Wildman–Crippen MR) is 61.7 cm³/mol. The van der Waals surface area contributed by atoms with Crippen molar-refractivity contribution in [1.29, 1.82) is 0 Å². The van der Waals surface area contributed by atoms with Crippen LogP contribution in [0.1, 0.15) is 37.1 Å². The summed E-state index contributed by atoms with van der Waals surface area (Å²) in [5.41, 5.74) is 0. The monoisotopic (exact) mass is 213 g/mol. The quantitative estimate of drug-likeness (QED) is 0.682. The Labute approximate surface area is 90.0 Å². The van der Waals surface area contributed by atoms with E-state index >= 15 is 0 Å². The first-order valence-corrected chi connectivity index (χ1v) is 6.10. The first-order valence-electron chi connectivity index (χ1n) is 5.22. The van der Waals surface area contributed by atoms with Crippen molar-refractivity contribution in [3.8, 4) is 0 Å². The number of aliphatic hydroxyl groups excluding tert-OH is 1. The second-order valence-electron chi connectivity index (χ2n) is 3.48. The number of unbranched alkanes of at least 4 members (excludes halogenated alkanes) is 2. The number of nitrogens with one attached hydrogen (secondary N) is 1. The van der Waals surface area contributed by atoms with E-state index in [0.29, 0.717) is 12.6 Å². The van der Waals surface area contributed by atoms with Gasteiger partial charge in [0.2, 0.25) is 0 Å². The van der Waals surface area contributed by atoms with Crippen LogP contribution in [0.15, 0.2) is 17.5 Å². The molecule has 0 fully saturated rings. The summed E-state index contributed by atoms with van der Waals surface area (Å²) in [6.45, 7) is 3.55. The molecule has 0 aliphatic carbocycles. The zero-order valence-corrected chi connectivity index (χ0v) is 9.52. The van der Waals surface area contributed by atoms with E-state index < -0.39 is 0 Å². The molecule has 0 aromatic carbocycles. The first kappa shape index (κ1) is 11.7. The lowest BCUT2D eigenvalue weighted by molar-refractivity contribution is 0.282. The lowest BCUT2D eigenvalue weighted by atomic mass is 10.2. The molecule has 0 bridgehead atoms. The minimum atomic E-state index is 0.320. The van der Waals surface area contributed by atoms with Crippen LogP contribution >= 0.6 is 11.3 Å². The van der Waals surface area contributed by atoms with E-state index in [1.54, 1.807) is 11.3 Å². The van der Waals surface area contributed by atoms with Crippen LogP contribution in [0.4, 0.5) is 0 Å². The Morgan fingerprint density at radius 3 is 2.93 bits per heavy atom. The highest BCUT2D eigenvalue weighted by atomic mass is 32.1. The van der Waals surface area contributed by atoms with Crippen molar-refractivity contribution in [3.63, 3.8) is 0 Å². The molecule has 2 nitrogen and oxygen atoms in total. The van der Waals surface area contributed by atoms with Crippen LogP contribution in [0, 0.1) is 0 Å². The van der Waals surface area contributed by atoms with Gasteiger partial charge < -0.3 is 10.4 Å². The Morgan fingerprint density at radius 1 is 1.43 bits per heavy atom. The largest absolute Gasteiger partial charge is 0.396 e.